The van der Waals surface area contributed by atoms with Crippen LogP contribution in [-0.2, 0) is 9.53 Å². The first-order chi connectivity index (χ1) is 11.3. The van der Waals surface area contributed by atoms with Crippen molar-refractivity contribution in [3.8, 4) is 0 Å². The molecule has 23 heavy (non-hydrogen) atoms. The number of ether oxygens (including phenoxy) is 1. The van der Waals surface area contributed by atoms with Crippen molar-refractivity contribution >= 4 is 5.91 Å². The van der Waals surface area contributed by atoms with Gasteiger partial charge in [-0.15, -0.1) is 0 Å². The SMILES string of the molecule is O=C1NC(c2ccccc2)C12CCN(CC1CCOCC1)CC2. The first-order valence-corrected chi connectivity index (χ1v) is 8.94. The van der Waals surface area contributed by atoms with Crippen molar-refractivity contribution in [2.45, 2.75) is 31.7 Å². The zero-order valence-electron chi connectivity index (χ0n) is 13.7. The molecular formula is C19H26N2O2. The highest BCUT2D eigenvalue weighted by molar-refractivity contribution is 5.90. The lowest BCUT2D eigenvalue weighted by atomic mass is 9.64. The molecule has 4 heteroatoms. The van der Waals surface area contributed by atoms with Crippen molar-refractivity contribution in [2.75, 3.05) is 32.8 Å². The van der Waals surface area contributed by atoms with Gasteiger partial charge >= 0.3 is 0 Å². The van der Waals surface area contributed by atoms with Crippen LogP contribution in [0.4, 0.5) is 0 Å². The lowest BCUT2D eigenvalue weighted by Crippen LogP contribution is -2.64. The van der Waals surface area contributed by atoms with E-state index in [2.05, 4.69) is 34.5 Å². The zero-order chi connectivity index (χ0) is 15.7. The van der Waals surface area contributed by atoms with Gasteiger partial charge in [-0.05, 0) is 50.3 Å². The Hall–Kier alpha value is -1.39. The van der Waals surface area contributed by atoms with Crippen LogP contribution in [0.1, 0.15) is 37.3 Å². The number of nitrogens with one attached hydrogen (secondary N) is 1. The number of β-lactam (4-membered cyclic amide) rings is 1. The Morgan fingerprint density at radius 3 is 2.48 bits per heavy atom. The highest BCUT2D eigenvalue weighted by atomic mass is 16.5. The molecule has 0 radical (unpaired) electrons. The second-order valence-electron chi connectivity index (χ2n) is 7.33. The van der Waals surface area contributed by atoms with Crippen LogP contribution in [-0.4, -0.2) is 43.7 Å². The van der Waals surface area contributed by atoms with Crippen molar-refractivity contribution < 1.29 is 9.53 Å². The fraction of sp³-hybridized carbons (Fsp3) is 0.632. The minimum atomic E-state index is -0.159. The molecule has 4 nitrogen and oxygen atoms in total. The molecule has 0 aliphatic carbocycles. The van der Waals surface area contributed by atoms with Crippen LogP contribution in [0.3, 0.4) is 0 Å². The van der Waals surface area contributed by atoms with Crippen molar-refractivity contribution in [3.63, 3.8) is 0 Å². The molecule has 1 aromatic rings. The van der Waals surface area contributed by atoms with Gasteiger partial charge in [0.25, 0.3) is 0 Å². The molecule has 0 saturated carbocycles. The van der Waals surface area contributed by atoms with E-state index in [1.165, 1.54) is 24.9 Å². The average Bonchev–Trinajstić information content (AvgIpc) is 2.62. The smallest absolute Gasteiger partial charge is 0.229 e. The van der Waals surface area contributed by atoms with Gasteiger partial charge in [-0.2, -0.15) is 0 Å². The zero-order valence-corrected chi connectivity index (χ0v) is 13.7. The Morgan fingerprint density at radius 1 is 1.13 bits per heavy atom. The first kappa shape index (κ1) is 15.2. The molecule has 3 saturated heterocycles. The lowest BCUT2D eigenvalue weighted by Gasteiger charge is -2.53. The largest absolute Gasteiger partial charge is 0.381 e. The summed E-state index contributed by atoms with van der Waals surface area (Å²) < 4.78 is 5.45. The summed E-state index contributed by atoms with van der Waals surface area (Å²) in [5.41, 5.74) is 1.10. The molecule has 1 spiro atoms. The molecule has 1 atom stereocenters. The number of hydrogen-bond donors (Lipinski definition) is 1. The van der Waals surface area contributed by atoms with Crippen molar-refractivity contribution in [1.29, 1.82) is 0 Å². The van der Waals surface area contributed by atoms with Crippen molar-refractivity contribution in [2.24, 2.45) is 11.3 Å². The predicted molar refractivity (Wildman–Crippen MR) is 89.0 cm³/mol. The minimum Gasteiger partial charge on any atom is -0.381 e. The number of piperidine rings is 1. The molecular weight excluding hydrogens is 288 g/mol. The normalized spacial score (nSPS) is 28.3. The van der Waals surface area contributed by atoms with Crippen LogP contribution in [0.15, 0.2) is 30.3 Å². The Kier molecular flexibility index (Phi) is 4.12. The van der Waals surface area contributed by atoms with Crippen molar-refractivity contribution in [1.82, 2.24) is 10.2 Å². The molecule has 1 unspecified atom stereocenters. The van der Waals surface area contributed by atoms with E-state index in [9.17, 15) is 4.79 Å². The molecule has 0 bridgehead atoms. The quantitative estimate of drug-likeness (QED) is 0.871. The van der Waals surface area contributed by atoms with Crippen LogP contribution in [0.5, 0.6) is 0 Å². The molecule has 3 aliphatic rings. The molecule has 0 aromatic heterocycles. The summed E-state index contributed by atoms with van der Waals surface area (Å²) in [4.78, 5) is 14.9. The van der Waals surface area contributed by atoms with Crippen molar-refractivity contribution in [3.05, 3.63) is 35.9 Å². The number of carbonyl (C=O) groups excluding carboxylic acids is 1. The number of rotatable bonds is 3. The van der Waals surface area contributed by atoms with Gasteiger partial charge in [0.05, 0.1) is 11.5 Å². The number of carbonyl (C=O) groups is 1. The summed E-state index contributed by atoms with van der Waals surface area (Å²) in [5.74, 6) is 1.04. The maximum Gasteiger partial charge on any atom is 0.229 e. The van der Waals surface area contributed by atoms with Gasteiger partial charge in [-0.1, -0.05) is 30.3 Å². The van der Waals surface area contributed by atoms with Gasteiger partial charge in [-0.3, -0.25) is 4.79 Å². The third kappa shape index (κ3) is 2.79. The topological polar surface area (TPSA) is 41.6 Å². The van der Waals surface area contributed by atoms with Crippen LogP contribution in [0.2, 0.25) is 0 Å². The first-order valence-electron chi connectivity index (χ1n) is 8.94. The summed E-state index contributed by atoms with van der Waals surface area (Å²) in [5, 5.41) is 3.14. The van der Waals surface area contributed by atoms with E-state index < -0.39 is 0 Å². The highest BCUT2D eigenvalue weighted by Crippen LogP contribution is 2.49. The Bertz CT molecular complexity index is 546. The van der Waals surface area contributed by atoms with Crippen LogP contribution in [0.25, 0.3) is 0 Å². The lowest BCUT2D eigenvalue weighted by molar-refractivity contribution is -0.151. The van der Waals surface area contributed by atoms with E-state index in [0.29, 0.717) is 0 Å². The molecule has 3 aliphatic heterocycles. The van der Waals surface area contributed by atoms with Gasteiger partial charge < -0.3 is 15.0 Å². The van der Waals surface area contributed by atoms with Gasteiger partial charge in [0, 0.05) is 19.8 Å². The second kappa shape index (κ2) is 6.25. The van der Waals surface area contributed by atoms with Crippen LogP contribution >= 0.6 is 0 Å². The third-order valence-corrected chi connectivity index (χ3v) is 6.02. The highest BCUT2D eigenvalue weighted by Gasteiger charge is 2.56. The number of hydrogen-bond acceptors (Lipinski definition) is 3. The van der Waals surface area contributed by atoms with E-state index in [0.717, 1.165) is 45.1 Å². The molecule has 1 aromatic carbocycles. The summed E-state index contributed by atoms with van der Waals surface area (Å²) in [7, 11) is 0. The second-order valence-corrected chi connectivity index (χ2v) is 7.33. The number of benzene rings is 1. The molecule has 4 rings (SSSR count). The van der Waals surface area contributed by atoms with Gasteiger partial charge in [0.15, 0.2) is 0 Å². The van der Waals surface area contributed by atoms with E-state index in [4.69, 9.17) is 4.74 Å². The number of likely N-dealkylation sites (tertiary alicyclic amines) is 1. The molecule has 1 amide bonds. The average molecular weight is 314 g/mol. The van der Waals surface area contributed by atoms with Crippen LogP contribution < -0.4 is 5.32 Å². The maximum atomic E-state index is 12.3. The fourth-order valence-electron chi connectivity index (χ4n) is 4.46. The molecule has 1 N–H and O–H groups in total. The monoisotopic (exact) mass is 314 g/mol. The number of amides is 1. The summed E-state index contributed by atoms with van der Waals surface area (Å²) >= 11 is 0. The fourth-order valence-corrected chi connectivity index (χ4v) is 4.46. The van der Waals surface area contributed by atoms with E-state index in [1.807, 2.05) is 6.07 Å². The van der Waals surface area contributed by atoms with Gasteiger partial charge in [-0.25, -0.2) is 0 Å². The molecule has 3 heterocycles. The summed E-state index contributed by atoms with van der Waals surface area (Å²) in [6.07, 6.45) is 4.35. The van der Waals surface area contributed by atoms with E-state index >= 15 is 0 Å². The Morgan fingerprint density at radius 2 is 1.83 bits per heavy atom. The molecule has 3 fully saturated rings. The Labute approximate surface area is 138 Å². The summed E-state index contributed by atoms with van der Waals surface area (Å²) in [6.45, 7) is 5.11. The van der Waals surface area contributed by atoms with Gasteiger partial charge in [0.2, 0.25) is 5.91 Å². The van der Waals surface area contributed by atoms with Crippen LogP contribution in [0, 0.1) is 11.3 Å². The predicted octanol–water partition coefficient (Wildman–Crippen LogP) is 2.37. The number of nitrogens with zero attached hydrogens (tertiary/aromatic N) is 1. The maximum absolute atomic E-state index is 12.3. The Balaban J connectivity index is 1.38. The van der Waals surface area contributed by atoms with E-state index in [-0.39, 0.29) is 17.4 Å². The molecule has 124 valence electrons. The standard InChI is InChI=1S/C19H26N2O2/c22-18-19(17(20-18)16-4-2-1-3-5-16)8-10-21(11-9-19)14-15-6-12-23-13-7-15/h1-5,15,17H,6-14H2,(H,20,22). The van der Waals surface area contributed by atoms with Gasteiger partial charge in [0.1, 0.15) is 0 Å². The van der Waals surface area contributed by atoms with E-state index in [1.54, 1.807) is 0 Å². The summed E-state index contributed by atoms with van der Waals surface area (Å²) in [6, 6.07) is 10.6. The third-order valence-electron chi connectivity index (χ3n) is 6.02. The minimum absolute atomic E-state index is 0.159.